The maximum Gasteiger partial charge on any atom is 0.301 e. The average molecular weight is 684 g/mol. The van der Waals surface area contributed by atoms with E-state index in [-0.39, 0.29) is 16.5 Å². The van der Waals surface area contributed by atoms with Gasteiger partial charge in [0.05, 0.1) is 11.6 Å². The van der Waals surface area contributed by atoms with Crippen LogP contribution in [-0.4, -0.2) is 40.2 Å². The predicted octanol–water partition coefficient (Wildman–Crippen LogP) is 7.46. The van der Waals surface area contributed by atoms with Crippen LogP contribution in [0.3, 0.4) is 0 Å². The van der Waals surface area contributed by atoms with Crippen LogP contribution in [0, 0.1) is 0 Å². The lowest BCUT2D eigenvalue weighted by Gasteiger charge is -2.23. The number of thioether (sulfide) groups is 1. The van der Waals surface area contributed by atoms with E-state index in [1.807, 2.05) is 54.6 Å². The van der Waals surface area contributed by atoms with Crippen molar-refractivity contribution in [3.63, 3.8) is 0 Å². The molecule has 2 aliphatic heterocycles. The van der Waals surface area contributed by atoms with Gasteiger partial charge in [-0.1, -0.05) is 95.4 Å². The zero-order chi connectivity index (χ0) is 32.3. The van der Waals surface area contributed by atoms with Gasteiger partial charge in [0.25, 0.3) is 5.78 Å². The third-order valence-electron chi connectivity index (χ3n) is 7.59. The Kier molecular flexibility index (Phi) is 8.84. The summed E-state index contributed by atoms with van der Waals surface area (Å²) in [5.41, 5.74) is 2.69. The van der Waals surface area contributed by atoms with Gasteiger partial charge in [-0.15, -0.1) is 10.2 Å². The van der Waals surface area contributed by atoms with E-state index in [9.17, 15) is 14.7 Å². The Bertz CT molecular complexity index is 2000. The molecule has 1 atom stereocenters. The van der Waals surface area contributed by atoms with Crippen LogP contribution in [0.1, 0.15) is 28.3 Å². The molecular formula is C35H26ClN3O6S2. The van der Waals surface area contributed by atoms with E-state index in [0.717, 1.165) is 11.1 Å². The van der Waals surface area contributed by atoms with Crippen molar-refractivity contribution in [1.29, 1.82) is 0 Å². The van der Waals surface area contributed by atoms with Crippen molar-refractivity contribution < 1.29 is 28.9 Å². The number of aliphatic hydroxyl groups excluding tert-OH is 1. The Labute approximate surface area is 283 Å². The molecule has 12 heteroatoms. The van der Waals surface area contributed by atoms with Gasteiger partial charge in [-0.05, 0) is 53.1 Å². The van der Waals surface area contributed by atoms with Crippen LogP contribution in [0.5, 0.6) is 17.2 Å². The summed E-state index contributed by atoms with van der Waals surface area (Å²) in [6.07, 6.45) is 0. The molecule has 9 nitrogen and oxygen atoms in total. The first kappa shape index (κ1) is 30.8. The highest BCUT2D eigenvalue weighted by atomic mass is 35.5. The van der Waals surface area contributed by atoms with Crippen molar-refractivity contribution in [3.8, 4) is 17.2 Å². The second-order valence-corrected chi connectivity index (χ2v) is 13.2. The highest BCUT2D eigenvalue weighted by molar-refractivity contribution is 8.00. The van der Waals surface area contributed by atoms with Crippen molar-refractivity contribution in [1.82, 2.24) is 10.2 Å². The summed E-state index contributed by atoms with van der Waals surface area (Å²) < 4.78 is 18.0. The molecule has 0 bridgehead atoms. The first-order valence-electron chi connectivity index (χ1n) is 14.6. The number of carbonyl (C=O) groups excluding carboxylic acids is 2. The minimum absolute atomic E-state index is 0.0904. The number of aromatic nitrogens is 2. The van der Waals surface area contributed by atoms with E-state index in [1.54, 1.807) is 42.5 Å². The Morgan fingerprint density at radius 2 is 1.72 bits per heavy atom. The number of nitrogens with zero attached hydrogens (tertiary/aromatic N) is 3. The fourth-order valence-electron chi connectivity index (χ4n) is 5.32. The number of amides is 1. The minimum Gasteiger partial charge on any atom is -0.507 e. The highest BCUT2D eigenvalue weighted by Crippen LogP contribution is 2.45. The number of rotatable bonds is 9. The number of aliphatic hydroxyl groups is 1. The quantitative estimate of drug-likeness (QED) is 0.0556. The van der Waals surface area contributed by atoms with Crippen LogP contribution < -0.4 is 19.1 Å². The van der Waals surface area contributed by atoms with Crippen LogP contribution in [0.25, 0.3) is 5.76 Å². The minimum atomic E-state index is -1.02. The summed E-state index contributed by atoms with van der Waals surface area (Å²) in [5, 5.41) is 21.1. The number of hydrogen-bond donors (Lipinski definition) is 1. The van der Waals surface area contributed by atoms with E-state index in [4.69, 9.17) is 25.8 Å². The Morgan fingerprint density at radius 3 is 2.55 bits per heavy atom. The molecule has 1 saturated heterocycles. The number of benzene rings is 4. The van der Waals surface area contributed by atoms with E-state index in [1.165, 1.54) is 28.0 Å². The molecular weight excluding hydrogens is 658 g/mol. The summed E-state index contributed by atoms with van der Waals surface area (Å²) in [6, 6.07) is 28.3. The monoisotopic (exact) mass is 683 g/mol. The Hall–Kier alpha value is -4.84. The van der Waals surface area contributed by atoms with Crippen LogP contribution in [0.2, 0.25) is 5.02 Å². The molecule has 1 fully saturated rings. The van der Waals surface area contributed by atoms with E-state index in [2.05, 4.69) is 10.2 Å². The van der Waals surface area contributed by atoms with Crippen LogP contribution in [-0.2, 0) is 21.9 Å². The number of carbonyl (C=O) groups is 2. The molecule has 1 aromatic heterocycles. The van der Waals surface area contributed by atoms with E-state index < -0.39 is 17.7 Å². The van der Waals surface area contributed by atoms with Crippen molar-refractivity contribution in [2.24, 2.45) is 0 Å². The molecule has 0 spiro atoms. The fraction of sp³-hybridized carbons (Fsp3) is 0.143. The van der Waals surface area contributed by atoms with Crippen molar-refractivity contribution in [2.75, 3.05) is 18.1 Å². The molecule has 5 aromatic rings. The summed E-state index contributed by atoms with van der Waals surface area (Å²) in [5.74, 6) is 0.0183. The van der Waals surface area contributed by atoms with Gasteiger partial charge in [0.1, 0.15) is 31.3 Å². The van der Waals surface area contributed by atoms with E-state index >= 15 is 0 Å². The maximum atomic E-state index is 13.8. The lowest BCUT2D eigenvalue weighted by molar-refractivity contribution is -0.132. The second kappa shape index (κ2) is 13.5. The third kappa shape index (κ3) is 6.42. The standard InChI is InChI=1S/C35H26ClN3O6S2/c36-26-12-5-4-9-24(26)20-46-35-38-37-34(47-35)39-30(22-10-6-11-25(17-22)45-19-21-7-2-1-3-8-21)29(32(41)33(39)42)31(40)23-13-14-27-28(18-23)44-16-15-43-27/h1-14,17-18,30,40H,15-16,19-20H2/b31-29+. The number of ketones is 1. The third-order valence-corrected chi connectivity index (χ3v) is 10.1. The number of Topliss-reactive ketones (excluding diaryl/α,β-unsaturated/α-hetero) is 1. The molecule has 7 rings (SSSR count). The number of hydrogen-bond acceptors (Lipinski definition) is 10. The van der Waals surface area contributed by atoms with Gasteiger partial charge in [0, 0.05) is 16.3 Å². The van der Waals surface area contributed by atoms with Gasteiger partial charge in [-0.3, -0.25) is 14.5 Å². The first-order chi connectivity index (χ1) is 23.0. The molecule has 1 amide bonds. The molecule has 0 saturated carbocycles. The van der Waals surface area contributed by atoms with Gasteiger partial charge in [0.15, 0.2) is 15.8 Å². The molecule has 3 heterocycles. The van der Waals surface area contributed by atoms with Crippen LogP contribution in [0.4, 0.5) is 5.13 Å². The molecule has 1 N–H and O–H groups in total. The molecule has 236 valence electrons. The Morgan fingerprint density at radius 1 is 0.936 bits per heavy atom. The molecule has 47 heavy (non-hydrogen) atoms. The number of anilines is 1. The summed E-state index contributed by atoms with van der Waals surface area (Å²) in [4.78, 5) is 28.8. The first-order valence-corrected chi connectivity index (χ1v) is 16.8. The molecule has 1 unspecified atom stereocenters. The molecule has 2 aliphatic rings. The summed E-state index contributed by atoms with van der Waals surface area (Å²) in [7, 11) is 0. The maximum absolute atomic E-state index is 13.8. The van der Waals surface area contributed by atoms with Crippen molar-refractivity contribution >= 4 is 57.3 Å². The van der Waals surface area contributed by atoms with Gasteiger partial charge in [0.2, 0.25) is 5.13 Å². The second-order valence-electron chi connectivity index (χ2n) is 10.6. The van der Waals surface area contributed by atoms with Gasteiger partial charge in [-0.25, -0.2) is 0 Å². The summed E-state index contributed by atoms with van der Waals surface area (Å²) in [6.45, 7) is 1.09. The number of halogens is 1. The lowest BCUT2D eigenvalue weighted by atomic mass is 9.95. The van der Waals surface area contributed by atoms with Crippen LogP contribution >= 0.6 is 34.7 Å². The van der Waals surface area contributed by atoms with Gasteiger partial charge < -0.3 is 19.3 Å². The number of ether oxygens (including phenoxy) is 3. The van der Waals surface area contributed by atoms with Crippen molar-refractivity contribution in [3.05, 3.63) is 130 Å². The van der Waals surface area contributed by atoms with Crippen LogP contribution in [0.15, 0.2) is 107 Å². The van der Waals surface area contributed by atoms with Crippen molar-refractivity contribution in [2.45, 2.75) is 22.7 Å². The molecule has 0 radical (unpaired) electrons. The summed E-state index contributed by atoms with van der Waals surface area (Å²) >= 11 is 8.94. The van der Waals surface area contributed by atoms with Gasteiger partial charge in [-0.2, -0.15) is 0 Å². The zero-order valence-corrected chi connectivity index (χ0v) is 27.1. The molecule has 0 aliphatic carbocycles. The predicted molar refractivity (Wildman–Crippen MR) is 180 cm³/mol. The van der Waals surface area contributed by atoms with Gasteiger partial charge >= 0.3 is 5.91 Å². The largest absolute Gasteiger partial charge is 0.507 e. The highest BCUT2D eigenvalue weighted by Gasteiger charge is 2.48. The average Bonchev–Trinajstić information content (AvgIpc) is 3.68. The Balaban J connectivity index is 1.26. The SMILES string of the molecule is O=C1C(=O)N(c2nnc(SCc3ccccc3Cl)s2)C(c2cccc(OCc3ccccc3)c2)/C1=C(\O)c1ccc2c(c1)OCCO2. The number of fused-ring (bicyclic) bond motifs is 1. The zero-order valence-electron chi connectivity index (χ0n) is 24.7. The smallest absolute Gasteiger partial charge is 0.301 e. The topological polar surface area (TPSA) is 111 Å². The molecule has 4 aromatic carbocycles. The normalized spacial score (nSPS) is 16.8. The fourth-order valence-corrected chi connectivity index (χ4v) is 7.47. The van der Waals surface area contributed by atoms with E-state index in [0.29, 0.717) is 63.3 Å². The lowest BCUT2D eigenvalue weighted by Crippen LogP contribution is -2.29.